The van der Waals surface area contributed by atoms with E-state index in [1.54, 1.807) is 11.3 Å². The van der Waals surface area contributed by atoms with Gasteiger partial charge in [0.1, 0.15) is 5.82 Å². The van der Waals surface area contributed by atoms with Gasteiger partial charge in [-0.25, -0.2) is 4.98 Å². The molecule has 3 heterocycles. The molecule has 5 heteroatoms. The molecule has 1 aliphatic heterocycles. The highest BCUT2D eigenvalue weighted by molar-refractivity contribution is 7.15. The predicted molar refractivity (Wildman–Crippen MR) is 60.3 cm³/mol. The van der Waals surface area contributed by atoms with E-state index in [9.17, 15) is 0 Å². The summed E-state index contributed by atoms with van der Waals surface area (Å²) in [5.74, 6) is 0.978. The molecule has 0 saturated heterocycles. The quantitative estimate of drug-likeness (QED) is 0.712. The Balaban J connectivity index is 1.98. The molecule has 1 aliphatic rings. The summed E-state index contributed by atoms with van der Waals surface area (Å²) in [6.07, 6.45) is 0. The van der Waals surface area contributed by atoms with Crippen LogP contribution < -0.4 is 11.1 Å². The lowest BCUT2D eigenvalue weighted by atomic mass is 10.4. The first-order valence-electron chi connectivity index (χ1n) is 4.94. The summed E-state index contributed by atoms with van der Waals surface area (Å²) in [6, 6.07) is 4.14. The van der Waals surface area contributed by atoms with E-state index < -0.39 is 0 Å². The molecular weight excluding hydrogens is 208 g/mol. The first-order chi connectivity index (χ1) is 7.36. The highest BCUT2D eigenvalue weighted by Gasteiger charge is 2.16. The molecule has 78 valence electrons. The summed E-state index contributed by atoms with van der Waals surface area (Å²) in [4.78, 5) is 10.3. The van der Waals surface area contributed by atoms with Crippen molar-refractivity contribution in [3.05, 3.63) is 28.4 Å². The van der Waals surface area contributed by atoms with Gasteiger partial charge in [0.05, 0.1) is 16.3 Å². The van der Waals surface area contributed by atoms with E-state index in [0.29, 0.717) is 6.54 Å². The average Bonchev–Trinajstić information content (AvgIpc) is 2.91. The number of nitrogens with one attached hydrogen (secondary N) is 2. The van der Waals surface area contributed by atoms with Gasteiger partial charge in [0.25, 0.3) is 0 Å². The summed E-state index contributed by atoms with van der Waals surface area (Å²) < 4.78 is 0. The van der Waals surface area contributed by atoms with Gasteiger partial charge in [-0.15, -0.1) is 11.3 Å². The van der Waals surface area contributed by atoms with Crippen LogP contribution in [0.3, 0.4) is 0 Å². The summed E-state index contributed by atoms with van der Waals surface area (Å²) >= 11 is 1.70. The molecule has 4 nitrogen and oxygen atoms in total. The van der Waals surface area contributed by atoms with Gasteiger partial charge in [-0.1, -0.05) is 0 Å². The van der Waals surface area contributed by atoms with E-state index >= 15 is 0 Å². The molecule has 0 atom stereocenters. The number of fused-ring (bicyclic) bond motifs is 1. The number of nitrogens with zero attached hydrogens (tertiary/aromatic N) is 1. The molecule has 0 spiro atoms. The molecule has 3 rings (SSSR count). The lowest BCUT2D eigenvalue weighted by molar-refractivity contribution is 0.745. The second kappa shape index (κ2) is 3.44. The van der Waals surface area contributed by atoms with E-state index in [0.717, 1.165) is 24.6 Å². The zero-order valence-corrected chi connectivity index (χ0v) is 9.03. The Morgan fingerprint density at radius 2 is 2.33 bits per heavy atom. The Morgan fingerprint density at radius 3 is 3.07 bits per heavy atom. The third-order valence-electron chi connectivity index (χ3n) is 2.55. The van der Waals surface area contributed by atoms with Gasteiger partial charge >= 0.3 is 0 Å². The van der Waals surface area contributed by atoms with E-state index in [1.807, 2.05) is 0 Å². The smallest absolute Gasteiger partial charge is 0.148 e. The number of aromatic nitrogens is 2. The normalized spacial score (nSPS) is 14.5. The highest BCUT2D eigenvalue weighted by Crippen LogP contribution is 2.27. The maximum atomic E-state index is 5.58. The summed E-state index contributed by atoms with van der Waals surface area (Å²) in [7, 11) is 0. The van der Waals surface area contributed by atoms with E-state index in [1.165, 1.54) is 15.4 Å². The second-order valence-electron chi connectivity index (χ2n) is 3.58. The molecule has 0 radical (unpaired) electrons. The van der Waals surface area contributed by atoms with Crippen molar-refractivity contribution in [3.8, 4) is 10.7 Å². The molecule has 0 unspecified atom stereocenters. The van der Waals surface area contributed by atoms with Crippen molar-refractivity contribution in [2.24, 2.45) is 5.73 Å². The fraction of sp³-hybridized carbons (Fsp3) is 0.300. The van der Waals surface area contributed by atoms with Crippen molar-refractivity contribution < 1.29 is 0 Å². The minimum absolute atomic E-state index is 0.604. The van der Waals surface area contributed by atoms with Crippen molar-refractivity contribution in [2.45, 2.75) is 19.6 Å². The zero-order valence-electron chi connectivity index (χ0n) is 8.21. The molecule has 0 bridgehead atoms. The Labute approximate surface area is 91.5 Å². The molecular formula is C10H12N4S. The van der Waals surface area contributed by atoms with Crippen LogP contribution in [0, 0.1) is 0 Å². The van der Waals surface area contributed by atoms with Crippen LogP contribution in [0.5, 0.6) is 0 Å². The number of rotatable bonds is 2. The van der Waals surface area contributed by atoms with Crippen molar-refractivity contribution in [2.75, 3.05) is 0 Å². The van der Waals surface area contributed by atoms with Crippen molar-refractivity contribution in [3.63, 3.8) is 0 Å². The fourth-order valence-corrected chi connectivity index (χ4v) is 2.61. The third kappa shape index (κ3) is 1.49. The number of imidazole rings is 1. The van der Waals surface area contributed by atoms with E-state index in [2.05, 4.69) is 27.4 Å². The van der Waals surface area contributed by atoms with Gasteiger partial charge in [-0.2, -0.15) is 0 Å². The van der Waals surface area contributed by atoms with Crippen LogP contribution in [0.4, 0.5) is 0 Å². The Morgan fingerprint density at radius 1 is 1.40 bits per heavy atom. The van der Waals surface area contributed by atoms with E-state index in [4.69, 9.17) is 5.73 Å². The number of nitrogens with two attached hydrogens (primary N) is 1. The monoisotopic (exact) mass is 220 g/mol. The Bertz CT molecular complexity index is 464. The first-order valence-corrected chi connectivity index (χ1v) is 5.76. The maximum absolute atomic E-state index is 5.58. The van der Waals surface area contributed by atoms with Crippen LogP contribution in [0.2, 0.25) is 0 Å². The van der Waals surface area contributed by atoms with E-state index in [-0.39, 0.29) is 0 Å². The largest absolute Gasteiger partial charge is 0.340 e. The molecule has 2 aromatic heterocycles. The average molecular weight is 220 g/mol. The molecule has 0 saturated carbocycles. The lowest BCUT2D eigenvalue weighted by Gasteiger charge is -1.92. The number of hydrogen-bond acceptors (Lipinski definition) is 4. The second-order valence-corrected chi connectivity index (χ2v) is 4.75. The molecule has 4 N–H and O–H groups in total. The van der Waals surface area contributed by atoms with Crippen LogP contribution in [-0.4, -0.2) is 9.97 Å². The molecule has 0 amide bonds. The van der Waals surface area contributed by atoms with Gasteiger partial charge < -0.3 is 16.0 Å². The number of thiophene rings is 1. The van der Waals surface area contributed by atoms with Gasteiger partial charge in [0, 0.05) is 24.5 Å². The predicted octanol–water partition coefficient (Wildman–Crippen LogP) is 1.20. The molecule has 2 aromatic rings. The van der Waals surface area contributed by atoms with Crippen LogP contribution >= 0.6 is 11.3 Å². The summed E-state index contributed by atoms with van der Waals surface area (Å²) in [5, 5.41) is 3.25. The first kappa shape index (κ1) is 9.08. The van der Waals surface area contributed by atoms with Gasteiger partial charge in [-0.05, 0) is 12.1 Å². The van der Waals surface area contributed by atoms with Crippen LogP contribution in [0.15, 0.2) is 12.1 Å². The molecule has 15 heavy (non-hydrogen) atoms. The van der Waals surface area contributed by atoms with Crippen molar-refractivity contribution in [1.29, 1.82) is 0 Å². The van der Waals surface area contributed by atoms with Crippen LogP contribution in [0.25, 0.3) is 10.7 Å². The number of aromatic amines is 1. The standard InChI is InChI=1S/C10H12N4S/c11-3-6-1-2-9(15-6)10-13-7-4-12-5-8(7)14-10/h1-2,12H,3-5,11H2,(H,13,14). The topological polar surface area (TPSA) is 66.7 Å². The van der Waals surface area contributed by atoms with Gasteiger partial charge in [-0.3, -0.25) is 0 Å². The summed E-state index contributed by atoms with van der Waals surface area (Å²) in [5.41, 5.74) is 7.94. The minimum atomic E-state index is 0.604. The molecule has 0 aliphatic carbocycles. The fourth-order valence-electron chi connectivity index (χ4n) is 1.78. The molecule has 0 aromatic carbocycles. The third-order valence-corrected chi connectivity index (χ3v) is 3.67. The maximum Gasteiger partial charge on any atom is 0.148 e. The number of H-pyrrole nitrogens is 1. The van der Waals surface area contributed by atoms with Crippen LogP contribution in [0.1, 0.15) is 16.3 Å². The van der Waals surface area contributed by atoms with Gasteiger partial charge in [0.2, 0.25) is 0 Å². The van der Waals surface area contributed by atoms with Crippen LogP contribution in [-0.2, 0) is 19.6 Å². The Kier molecular flexibility index (Phi) is 2.09. The highest BCUT2D eigenvalue weighted by atomic mass is 32.1. The molecule has 0 fully saturated rings. The summed E-state index contributed by atoms with van der Waals surface area (Å²) in [6.45, 7) is 2.38. The zero-order chi connectivity index (χ0) is 10.3. The number of hydrogen-bond donors (Lipinski definition) is 3. The SMILES string of the molecule is NCc1ccc(-c2nc3c([nH]2)CNC3)s1. The van der Waals surface area contributed by atoms with Gasteiger partial charge in [0.15, 0.2) is 0 Å². The van der Waals surface area contributed by atoms with Crippen molar-refractivity contribution in [1.82, 2.24) is 15.3 Å². The Hall–Kier alpha value is -1.17. The van der Waals surface area contributed by atoms with Crippen molar-refractivity contribution >= 4 is 11.3 Å². The minimum Gasteiger partial charge on any atom is -0.340 e. The lowest BCUT2D eigenvalue weighted by Crippen LogP contribution is -2.02.